The third kappa shape index (κ3) is 3.09. The molecule has 4 rings (SSSR count). The van der Waals surface area contributed by atoms with Crippen molar-refractivity contribution in [1.82, 2.24) is 19.2 Å². The lowest BCUT2D eigenvalue weighted by molar-refractivity contribution is -0.138. The van der Waals surface area contributed by atoms with Crippen LogP contribution in [0.4, 0.5) is 4.39 Å². The number of rotatable bonds is 2. The third-order valence-corrected chi connectivity index (χ3v) is 5.99. The summed E-state index contributed by atoms with van der Waals surface area (Å²) in [5.74, 6) is -0.770. The fraction of sp³-hybridized carbons (Fsp3) is 0.550. The molecule has 2 aromatic heterocycles. The van der Waals surface area contributed by atoms with Crippen LogP contribution in [0.15, 0.2) is 18.3 Å². The van der Waals surface area contributed by atoms with Gasteiger partial charge in [-0.25, -0.2) is 4.98 Å². The number of nitrogens with zero attached hydrogens (tertiary/aromatic N) is 4. The van der Waals surface area contributed by atoms with Crippen LogP contribution in [-0.4, -0.2) is 57.2 Å². The number of imidazole rings is 1. The summed E-state index contributed by atoms with van der Waals surface area (Å²) in [4.78, 5) is 32.9. The minimum Gasteiger partial charge on any atom is -0.342 e. The van der Waals surface area contributed by atoms with Gasteiger partial charge in [0.25, 0.3) is 5.91 Å². The molecule has 0 N–H and O–H groups in total. The van der Waals surface area contributed by atoms with E-state index in [1.807, 2.05) is 24.8 Å². The van der Waals surface area contributed by atoms with E-state index in [2.05, 4.69) is 4.98 Å². The topological polar surface area (TPSA) is 57.9 Å². The summed E-state index contributed by atoms with van der Waals surface area (Å²) >= 11 is 0. The van der Waals surface area contributed by atoms with Gasteiger partial charge in [0.1, 0.15) is 5.65 Å². The molecule has 0 saturated carbocycles. The predicted octanol–water partition coefficient (Wildman–Crippen LogP) is 2.65. The Labute approximate surface area is 158 Å². The summed E-state index contributed by atoms with van der Waals surface area (Å²) in [6.45, 7) is 6.39. The first-order valence-electron chi connectivity index (χ1n) is 9.64. The van der Waals surface area contributed by atoms with Crippen LogP contribution in [0.5, 0.6) is 0 Å². The Kier molecular flexibility index (Phi) is 4.40. The average molecular weight is 372 g/mol. The van der Waals surface area contributed by atoms with Gasteiger partial charge >= 0.3 is 0 Å². The standard InChI is InChI=1S/C20H25FN4O2/c1-3-23-12-20(9-7-16(23)26)8-4-10-24(13-20)19(27)17-18(21)25-11-14(2)5-6-15(25)22-17/h5-6,11H,3-4,7-10,12-13H2,1-2H3/t20-/m0/s1. The zero-order chi connectivity index (χ0) is 19.2. The summed E-state index contributed by atoms with van der Waals surface area (Å²) < 4.78 is 16.1. The maximum absolute atomic E-state index is 14.8. The number of likely N-dealkylation sites (tertiary alicyclic amines) is 2. The van der Waals surface area contributed by atoms with E-state index in [9.17, 15) is 14.0 Å². The van der Waals surface area contributed by atoms with Crippen molar-refractivity contribution in [3.05, 3.63) is 35.5 Å². The Balaban J connectivity index is 1.59. The van der Waals surface area contributed by atoms with Gasteiger partial charge in [0.05, 0.1) is 0 Å². The van der Waals surface area contributed by atoms with E-state index in [1.54, 1.807) is 17.2 Å². The highest BCUT2D eigenvalue weighted by molar-refractivity contribution is 5.93. The minimum atomic E-state index is -0.604. The largest absolute Gasteiger partial charge is 0.342 e. The quantitative estimate of drug-likeness (QED) is 0.814. The average Bonchev–Trinajstić information content (AvgIpc) is 2.99. The second-order valence-electron chi connectivity index (χ2n) is 7.92. The smallest absolute Gasteiger partial charge is 0.277 e. The SMILES string of the molecule is CCN1C[C@]2(CCCN(C(=O)c3nc4ccc(C)cn4c3F)C2)CCC1=O. The zero-order valence-corrected chi connectivity index (χ0v) is 15.9. The molecule has 27 heavy (non-hydrogen) atoms. The molecule has 2 aliphatic rings. The highest BCUT2D eigenvalue weighted by Gasteiger charge is 2.43. The molecule has 1 atom stereocenters. The lowest BCUT2D eigenvalue weighted by Gasteiger charge is -2.48. The summed E-state index contributed by atoms with van der Waals surface area (Å²) in [5.41, 5.74) is 1.15. The summed E-state index contributed by atoms with van der Waals surface area (Å²) in [6, 6.07) is 3.57. The van der Waals surface area contributed by atoms with Gasteiger partial charge in [0, 0.05) is 44.2 Å². The number of pyridine rings is 1. The van der Waals surface area contributed by atoms with E-state index < -0.39 is 5.95 Å². The molecule has 2 fully saturated rings. The number of hydrogen-bond donors (Lipinski definition) is 0. The van der Waals surface area contributed by atoms with E-state index in [0.29, 0.717) is 38.2 Å². The zero-order valence-electron chi connectivity index (χ0n) is 15.9. The molecule has 2 amide bonds. The van der Waals surface area contributed by atoms with Crippen LogP contribution in [0.25, 0.3) is 5.65 Å². The molecule has 6 nitrogen and oxygen atoms in total. The number of piperidine rings is 2. The van der Waals surface area contributed by atoms with Gasteiger partial charge in [0.15, 0.2) is 5.69 Å². The molecule has 0 radical (unpaired) electrons. The van der Waals surface area contributed by atoms with Crippen LogP contribution in [0.2, 0.25) is 0 Å². The van der Waals surface area contributed by atoms with Crippen molar-refractivity contribution in [3.63, 3.8) is 0 Å². The molecule has 7 heteroatoms. The number of halogens is 1. The van der Waals surface area contributed by atoms with Gasteiger partial charge in [-0.05, 0) is 44.7 Å². The fourth-order valence-electron chi connectivity index (χ4n) is 4.51. The number of amides is 2. The highest BCUT2D eigenvalue weighted by Crippen LogP contribution is 2.39. The van der Waals surface area contributed by atoms with Crippen molar-refractivity contribution in [1.29, 1.82) is 0 Å². The van der Waals surface area contributed by atoms with E-state index in [4.69, 9.17) is 0 Å². The van der Waals surface area contributed by atoms with Gasteiger partial charge in [-0.2, -0.15) is 4.39 Å². The molecule has 0 aromatic carbocycles. The van der Waals surface area contributed by atoms with Crippen molar-refractivity contribution >= 4 is 17.5 Å². The number of carbonyl (C=O) groups is 2. The number of fused-ring (bicyclic) bond motifs is 1. The number of aromatic nitrogens is 2. The molecule has 2 aromatic rings. The first-order valence-corrected chi connectivity index (χ1v) is 9.64. The van der Waals surface area contributed by atoms with Gasteiger partial charge < -0.3 is 9.80 Å². The maximum Gasteiger partial charge on any atom is 0.277 e. The minimum absolute atomic E-state index is 0.0793. The fourth-order valence-corrected chi connectivity index (χ4v) is 4.51. The van der Waals surface area contributed by atoms with Crippen molar-refractivity contribution < 1.29 is 14.0 Å². The van der Waals surface area contributed by atoms with Crippen LogP contribution in [0.3, 0.4) is 0 Å². The van der Waals surface area contributed by atoms with Crippen molar-refractivity contribution in [3.8, 4) is 0 Å². The van der Waals surface area contributed by atoms with Crippen molar-refractivity contribution in [2.75, 3.05) is 26.2 Å². The second kappa shape index (κ2) is 6.62. The third-order valence-electron chi connectivity index (χ3n) is 5.99. The summed E-state index contributed by atoms with van der Waals surface area (Å²) in [6.07, 6.45) is 4.83. The Morgan fingerprint density at radius 1 is 1.30 bits per heavy atom. The maximum atomic E-state index is 14.8. The molecule has 4 heterocycles. The molecule has 2 aliphatic heterocycles. The number of aryl methyl sites for hydroxylation is 1. The first-order chi connectivity index (χ1) is 12.9. The summed E-state index contributed by atoms with van der Waals surface area (Å²) in [5, 5.41) is 0. The molecule has 144 valence electrons. The second-order valence-corrected chi connectivity index (χ2v) is 7.92. The van der Waals surface area contributed by atoms with Gasteiger partial charge in [-0.3, -0.25) is 14.0 Å². The van der Waals surface area contributed by atoms with Crippen LogP contribution in [0.1, 0.15) is 48.7 Å². The lowest BCUT2D eigenvalue weighted by atomic mass is 9.73. The van der Waals surface area contributed by atoms with Gasteiger partial charge in [-0.15, -0.1) is 0 Å². The van der Waals surface area contributed by atoms with Crippen LogP contribution >= 0.6 is 0 Å². The Hall–Kier alpha value is -2.44. The Morgan fingerprint density at radius 2 is 2.11 bits per heavy atom. The molecule has 2 saturated heterocycles. The first kappa shape index (κ1) is 17.9. The van der Waals surface area contributed by atoms with Crippen LogP contribution in [-0.2, 0) is 4.79 Å². The monoisotopic (exact) mass is 372 g/mol. The predicted molar refractivity (Wildman–Crippen MR) is 98.9 cm³/mol. The van der Waals surface area contributed by atoms with Gasteiger partial charge in [-0.1, -0.05) is 6.07 Å². The lowest BCUT2D eigenvalue weighted by Crippen LogP contribution is -2.55. The van der Waals surface area contributed by atoms with E-state index in [0.717, 1.165) is 24.8 Å². The molecule has 1 spiro atoms. The van der Waals surface area contributed by atoms with Crippen molar-refractivity contribution in [2.24, 2.45) is 5.41 Å². The number of carbonyl (C=O) groups excluding carboxylic acids is 2. The molecular formula is C20H25FN4O2. The van der Waals surface area contributed by atoms with Crippen LogP contribution in [0, 0.1) is 18.3 Å². The Bertz CT molecular complexity index is 909. The molecular weight excluding hydrogens is 347 g/mol. The highest BCUT2D eigenvalue weighted by atomic mass is 19.1. The number of hydrogen-bond acceptors (Lipinski definition) is 3. The van der Waals surface area contributed by atoms with Gasteiger partial charge in [0.2, 0.25) is 11.9 Å². The van der Waals surface area contributed by atoms with E-state index >= 15 is 0 Å². The Morgan fingerprint density at radius 3 is 2.89 bits per heavy atom. The summed E-state index contributed by atoms with van der Waals surface area (Å²) in [7, 11) is 0. The van der Waals surface area contributed by atoms with Crippen molar-refractivity contribution in [2.45, 2.75) is 39.5 Å². The molecule has 0 aliphatic carbocycles. The van der Waals surface area contributed by atoms with E-state index in [-0.39, 0.29) is 22.9 Å². The molecule has 0 unspecified atom stereocenters. The molecule has 0 bridgehead atoms. The van der Waals surface area contributed by atoms with Crippen LogP contribution < -0.4 is 0 Å². The normalized spacial score (nSPS) is 23.4. The van der Waals surface area contributed by atoms with E-state index in [1.165, 1.54) is 4.40 Å².